The smallest absolute Gasteiger partial charge is 0.316 e. The van der Waals surface area contributed by atoms with Gasteiger partial charge in [0.2, 0.25) is 0 Å². The van der Waals surface area contributed by atoms with Crippen LogP contribution >= 0.6 is 0 Å². The average Bonchev–Trinajstić information content (AvgIpc) is 2.73. The van der Waals surface area contributed by atoms with E-state index < -0.39 is 11.9 Å². The predicted molar refractivity (Wildman–Crippen MR) is 109 cm³/mol. The maximum absolute atomic E-state index is 11.9. The minimum Gasteiger partial charge on any atom is -0.491 e. The van der Waals surface area contributed by atoms with E-state index in [0.717, 1.165) is 19.4 Å². The number of Topliss-reactive ketones (excluding diaryl/α,β-unsaturated/α-hetero) is 1. The summed E-state index contributed by atoms with van der Waals surface area (Å²) in [7, 11) is 0. The number of hydrogen-bond acceptors (Lipinski definition) is 8. The molecule has 0 aliphatic rings. The van der Waals surface area contributed by atoms with Gasteiger partial charge >= 0.3 is 5.97 Å². The first-order chi connectivity index (χ1) is 14.1. The van der Waals surface area contributed by atoms with Gasteiger partial charge in [-0.3, -0.25) is 9.59 Å². The van der Waals surface area contributed by atoms with Crippen molar-refractivity contribution in [1.29, 1.82) is 0 Å². The van der Waals surface area contributed by atoms with Gasteiger partial charge in [-0.05, 0) is 44.5 Å². The summed E-state index contributed by atoms with van der Waals surface area (Å²) in [5.41, 5.74) is 0.592. The third-order valence-electron chi connectivity index (χ3n) is 3.88. The molecule has 162 valence electrons. The molecule has 0 spiro atoms. The summed E-state index contributed by atoms with van der Waals surface area (Å²) in [6.07, 6.45) is 2.20. The molecule has 1 atom stereocenters. The Hall–Kier alpha value is -2.32. The number of benzene rings is 1. The Morgan fingerprint density at radius 1 is 0.966 bits per heavy atom. The first-order valence-corrected chi connectivity index (χ1v) is 10.0. The fourth-order valence-corrected chi connectivity index (χ4v) is 2.12. The zero-order valence-corrected chi connectivity index (χ0v) is 17.6. The molecule has 1 rings (SSSR count). The largest absolute Gasteiger partial charge is 0.491 e. The van der Waals surface area contributed by atoms with Crippen LogP contribution in [0.1, 0.15) is 33.6 Å². The standard InChI is InChI=1S/C21H32N2O6/c1-4-6-11-26-12-13-27-14-15-29-19-9-7-18(8-10-19)23-22-16-20(24)17(3)21(25)28-5-2/h7-10,17H,4-6,11-16H2,1-3H3. The highest BCUT2D eigenvalue weighted by atomic mass is 16.5. The summed E-state index contributed by atoms with van der Waals surface area (Å²) in [5.74, 6) is -1.02. The molecule has 0 saturated heterocycles. The van der Waals surface area contributed by atoms with Crippen molar-refractivity contribution in [2.24, 2.45) is 16.1 Å². The van der Waals surface area contributed by atoms with E-state index in [0.29, 0.717) is 37.9 Å². The molecule has 0 amide bonds. The van der Waals surface area contributed by atoms with Crippen LogP contribution in [0.15, 0.2) is 34.5 Å². The van der Waals surface area contributed by atoms with Crippen molar-refractivity contribution in [2.75, 3.05) is 46.2 Å². The number of esters is 1. The minimum atomic E-state index is -0.838. The number of rotatable bonds is 16. The van der Waals surface area contributed by atoms with Crippen molar-refractivity contribution in [2.45, 2.75) is 33.6 Å². The molecule has 8 heteroatoms. The van der Waals surface area contributed by atoms with Crippen LogP contribution in [0.25, 0.3) is 0 Å². The zero-order valence-electron chi connectivity index (χ0n) is 17.6. The van der Waals surface area contributed by atoms with Crippen LogP contribution in [0.2, 0.25) is 0 Å². The number of ketones is 1. The molecule has 0 radical (unpaired) electrons. The van der Waals surface area contributed by atoms with E-state index in [2.05, 4.69) is 17.2 Å². The highest BCUT2D eigenvalue weighted by molar-refractivity contribution is 5.99. The number of nitrogens with zero attached hydrogens (tertiary/aromatic N) is 2. The summed E-state index contributed by atoms with van der Waals surface area (Å²) in [4.78, 5) is 23.4. The Bertz CT molecular complexity index is 618. The quantitative estimate of drug-likeness (QED) is 0.179. The van der Waals surface area contributed by atoms with Gasteiger partial charge in [0.25, 0.3) is 0 Å². The van der Waals surface area contributed by atoms with Crippen LogP contribution in [0.4, 0.5) is 5.69 Å². The van der Waals surface area contributed by atoms with Crippen molar-refractivity contribution >= 4 is 17.4 Å². The number of ether oxygens (including phenoxy) is 4. The number of carbonyl (C=O) groups is 2. The van der Waals surface area contributed by atoms with Crippen LogP contribution in [0, 0.1) is 5.92 Å². The molecule has 0 bridgehead atoms. The average molecular weight is 408 g/mol. The third kappa shape index (κ3) is 11.3. The molecule has 0 fully saturated rings. The van der Waals surface area contributed by atoms with Crippen molar-refractivity contribution in [3.63, 3.8) is 0 Å². The van der Waals surface area contributed by atoms with Crippen molar-refractivity contribution < 1.29 is 28.5 Å². The predicted octanol–water partition coefficient (Wildman–Crippen LogP) is 3.75. The van der Waals surface area contributed by atoms with Crippen LogP contribution < -0.4 is 4.74 Å². The summed E-state index contributed by atoms with van der Waals surface area (Å²) < 4.78 is 21.2. The van der Waals surface area contributed by atoms with Gasteiger partial charge in [-0.15, -0.1) is 0 Å². The molecular weight excluding hydrogens is 376 g/mol. The molecule has 0 saturated carbocycles. The van der Waals surface area contributed by atoms with Gasteiger partial charge in [-0.1, -0.05) is 13.3 Å². The molecule has 0 aromatic heterocycles. The highest BCUT2D eigenvalue weighted by Gasteiger charge is 2.21. The Morgan fingerprint density at radius 3 is 2.28 bits per heavy atom. The van der Waals surface area contributed by atoms with Gasteiger partial charge in [0.05, 0.1) is 32.1 Å². The second-order valence-electron chi connectivity index (χ2n) is 6.26. The SMILES string of the molecule is CCCCOCCOCCOc1ccc(N=NCC(=O)C(C)C(=O)OCC)cc1. The van der Waals surface area contributed by atoms with Gasteiger partial charge in [-0.25, -0.2) is 0 Å². The molecule has 0 aliphatic heterocycles. The lowest BCUT2D eigenvalue weighted by Gasteiger charge is -2.08. The third-order valence-corrected chi connectivity index (χ3v) is 3.88. The van der Waals surface area contributed by atoms with Gasteiger partial charge in [0, 0.05) is 6.61 Å². The molecule has 8 nitrogen and oxygen atoms in total. The van der Waals surface area contributed by atoms with E-state index in [-0.39, 0.29) is 18.9 Å². The zero-order chi connectivity index (χ0) is 21.3. The lowest BCUT2D eigenvalue weighted by molar-refractivity contribution is -0.150. The maximum atomic E-state index is 11.9. The fourth-order valence-electron chi connectivity index (χ4n) is 2.12. The summed E-state index contributed by atoms with van der Waals surface area (Å²) in [6.45, 7) is 8.26. The Morgan fingerprint density at radius 2 is 1.62 bits per heavy atom. The lowest BCUT2D eigenvalue weighted by Crippen LogP contribution is -2.25. The first-order valence-electron chi connectivity index (χ1n) is 10.0. The van der Waals surface area contributed by atoms with E-state index in [1.807, 2.05) is 0 Å². The Labute approximate surface area is 172 Å². The number of azo groups is 1. The van der Waals surface area contributed by atoms with E-state index in [9.17, 15) is 9.59 Å². The van der Waals surface area contributed by atoms with E-state index in [4.69, 9.17) is 18.9 Å². The molecule has 0 N–H and O–H groups in total. The summed E-state index contributed by atoms with van der Waals surface area (Å²) in [6, 6.07) is 7.01. The topological polar surface area (TPSA) is 95.8 Å². The molecular formula is C21H32N2O6. The van der Waals surface area contributed by atoms with Gasteiger partial charge < -0.3 is 18.9 Å². The van der Waals surface area contributed by atoms with Crippen LogP contribution in [0.3, 0.4) is 0 Å². The van der Waals surface area contributed by atoms with E-state index in [1.165, 1.54) is 6.92 Å². The second kappa shape index (κ2) is 15.6. The molecule has 1 unspecified atom stereocenters. The monoisotopic (exact) mass is 408 g/mol. The van der Waals surface area contributed by atoms with Crippen LogP contribution in [-0.2, 0) is 23.8 Å². The lowest BCUT2D eigenvalue weighted by atomic mass is 10.1. The van der Waals surface area contributed by atoms with E-state index >= 15 is 0 Å². The number of unbranched alkanes of at least 4 members (excludes halogenated alkanes) is 1. The van der Waals surface area contributed by atoms with Crippen molar-refractivity contribution in [1.82, 2.24) is 0 Å². The first kappa shape index (κ1) is 24.7. The summed E-state index contributed by atoms with van der Waals surface area (Å²) in [5, 5.41) is 7.84. The maximum Gasteiger partial charge on any atom is 0.316 e. The van der Waals surface area contributed by atoms with Gasteiger partial charge in [0.15, 0.2) is 5.78 Å². The van der Waals surface area contributed by atoms with Crippen molar-refractivity contribution in [3.05, 3.63) is 24.3 Å². The highest BCUT2D eigenvalue weighted by Crippen LogP contribution is 2.18. The van der Waals surface area contributed by atoms with Gasteiger partial charge in [0.1, 0.15) is 24.8 Å². The van der Waals surface area contributed by atoms with E-state index in [1.54, 1.807) is 31.2 Å². The molecule has 29 heavy (non-hydrogen) atoms. The molecule has 1 aromatic rings. The normalized spacial score (nSPS) is 12.1. The van der Waals surface area contributed by atoms with Crippen LogP contribution in [0.5, 0.6) is 5.75 Å². The van der Waals surface area contributed by atoms with Gasteiger partial charge in [-0.2, -0.15) is 10.2 Å². The molecule has 0 aliphatic carbocycles. The Balaban J connectivity index is 2.22. The Kier molecular flexibility index (Phi) is 13.3. The summed E-state index contributed by atoms with van der Waals surface area (Å²) >= 11 is 0. The minimum absolute atomic E-state index is 0.169. The van der Waals surface area contributed by atoms with Crippen LogP contribution in [-0.4, -0.2) is 57.9 Å². The number of carbonyl (C=O) groups excluding carboxylic acids is 2. The second-order valence-corrected chi connectivity index (χ2v) is 6.26. The van der Waals surface area contributed by atoms with Crippen molar-refractivity contribution in [3.8, 4) is 5.75 Å². The molecule has 1 aromatic carbocycles. The molecule has 0 heterocycles. The number of hydrogen-bond donors (Lipinski definition) is 0. The fraction of sp³-hybridized carbons (Fsp3) is 0.619.